The summed E-state index contributed by atoms with van der Waals surface area (Å²) in [6, 6.07) is 6.65. The van der Waals surface area contributed by atoms with Crippen molar-refractivity contribution in [2.75, 3.05) is 7.11 Å². The van der Waals surface area contributed by atoms with E-state index in [9.17, 15) is 4.79 Å². The number of ketones is 1. The summed E-state index contributed by atoms with van der Waals surface area (Å²) < 4.78 is 5.43. The molecule has 2 saturated carbocycles. The van der Waals surface area contributed by atoms with Crippen LogP contribution in [0.15, 0.2) is 18.2 Å². The van der Waals surface area contributed by atoms with E-state index < -0.39 is 0 Å². The van der Waals surface area contributed by atoms with Crippen LogP contribution < -0.4 is 4.74 Å². The molecule has 2 nitrogen and oxygen atoms in total. The van der Waals surface area contributed by atoms with Gasteiger partial charge in [0, 0.05) is 11.8 Å². The zero-order valence-corrected chi connectivity index (χ0v) is 14.8. The Balaban J connectivity index is 1.80. The molecule has 0 aliphatic heterocycles. The van der Waals surface area contributed by atoms with Crippen molar-refractivity contribution in [3.8, 4) is 5.75 Å². The van der Waals surface area contributed by atoms with Crippen molar-refractivity contribution in [1.29, 1.82) is 0 Å². The van der Waals surface area contributed by atoms with Crippen LogP contribution >= 0.6 is 0 Å². The molecule has 3 aliphatic carbocycles. The number of hydrogen-bond donors (Lipinski definition) is 0. The number of carbonyl (C=O) groups excluding carboxylic acids is 1. The van der Waals surface area contributed by atoms with E-state index in [2.05, 4.69) is 39.0 Å². The SMILES string of the molecule is COc1ccc2c(c1)C[C@@H](C)[C@@H]1[C@@H]2[C@@H](C)C[C@]2(C)C(=O)CC[C@@H]12. The van der Waals surface area contributed by atoms with Gasteiger partial charge in [-0.05, 0) is 72.1 Å². The zero-order chi connectivity index (χ0) is 16.4. The number of carbonyl (C=O) groups is 1. The zero-order valence-electron chi connectivity index (χ0n) is 14.8. The highest BCUT2D eigenvalue weighted by atomic mass is 16.5. The Bertz CT molecular complexity index is 649. The molecule has 3 aliphatic rings. The maximum atomic E-state index is 12.6. The summed E-state index contributed by atoms with van der Waals surface area (Å²) in [6.07, 6.45) is 4.11. The van der Waals surface area contributed by atoms with Gasteiger partial charge in [-0.1, -0.05) is 26.8 Å². The fraction of sp³-hybridized carbons (Fsp3) is 0.667. The number of fused-ring (bicyclic) bond motifs is 5. The molecule has 23 heavy (non-hydrogen) atoms. The lowest BCUT2D eigenvalue weighted by Gasteiger charge is -2.53. The summed E-state index contributed by atoms with van der Waals surface area (Å²) in [5, 5.41) is 0. The number of Topliss-reactive ketones (excluding diaryl/α,β-unsaturated/α-hetero) is 1. The van der Waals surface area contributed by atoms with Gasteiger partial charge in [0.2, 0.25) is 0 Å². The maximum absolute atomic E-state index is 12.6. The second kappa shape index (κ2) is 5.09. The van der Waals surface area contributed by atoms with Gasteiger partial charge >= 0.3 is 0 Å². The fourth-order valence-electron chi connectivity index (χ4n) is 6.36. The smallest absolute Gasteiger partial charge is 0.139 e. The molecule has 0 aromatic heterocycles. The van der Waals surface area contributed by atoms with Crippen LogP contribution in [-0.4, -0.2) is 12.9 Å². The van der Waals surface area contributed by atoms with Gasteiger partial charge in [-0.15, -0.1) is 0 Å². The molecule has 0 bridgehead atoms. The molecular formula is C21H28O2. The summed E-state index contributed by atoms with van der Waals surface area (Å²) in [7, 11) is 1.75. The number of hydrogen-bond acceptors (Lipinski definition) is 2. The van der Waals surface area contributed by atoms with Gasteiger partial charge in [0.05, 0.1) is 7.11 Å². The molecule has 1 aromatic carbocycles. The van der Waals surface area contributed by atoms with Crippen molar-refractivity contribution in [2.45, 2.75) is 52.4 Å². The average Bonchev–Trinajstić information content (AvgIpc) is 2.81. The van der Waals surface area contributed by atoms with Crippen LogP contribution in [0.3, 0.4) is 0 Å². The summed E-state index contributed by atoms with van der Waals surface area (Å²) in [4.78, 5) is 12.6. The van der Waals surface area contributed by atoms with E-state index in [0.29, 0.717) is 35.4 Å². The summed E-state index contributed by atoms with van der Waals surface area (Å²) >= 11 is 0. The minimum atomic E-state index is -0.0567. The highest BCUT2D eigenvalue weighted by Crippen LogP contribution is 2.62. The first-order valence-corrected chi connectivity index (χ1v) is 9.16. The molecule has 0 radical (unpaired) electrons. The van der Waals surface area contributed by atoms with Crippen LogP contribution in [0.5, 0.6) is 5.75 Å². The quantitative estimate of drug-likeness (QED) is 0.757. The molecule has 0 saturated heterocycles. The minimum Gasteiger partial charge on any atom is -0.497 e. The van der Waals surface area contributed by atoms with Gasteiger partial charge in [-0.3, -0.25) is 4.79 Å². The lowest BCUT2D eigenvalue weighted by Crippen LogP contribution is -2.48. The predicted molar refractivity (Wildman–Crippen MR) is 91.7 cm³/mol. The van der Waals surface area contributed by atoms with Crippen molar-refractivity contribution in [3.05, 3.63) is 29.3 Å². The summed E-state index contributed by atoms with van der Waals surface area (Å²) in [5.74, 6) is 4.59. The van der Waals surface area contributed by atoms with E-state index in [1.54, 1.807) is 7.11 Å². The molecule has 2 heteroatoms. The number of ether oxygens (including phenoxy) is 1. The third-order valence-electron chi connectivity index (χ3n) is 7.28. The highest BCUT2D eigenvalue weighted by molar-refractivity contribution is 5.87. The van der Waals surface area contributed by atoms with Crippen LogP contribution in [0.4, 0.5) is 0 Å². The molecule has 0 heterocycles. The number of methoxy groups -OCH3 is 1. The normalized spacial score (nSPS) is 41.9. The Morgan fingerprint density at radius 2 is 2.00 bits per heavy atom. The maximum Gasteiger partial charge on any atom is 0.139 e. The summed E-state index contributed by atoms with van der Waals surface area (Å²) in [6.45, 7) is 7.04. The summed E-state index contributed by atoms with van der Waals surface area (Å²) in [5.41, 5.74) is 2.94. The topological polar surface area (TPSA) is 26.3 Å². The van der Waals surface area contributed by atoms with Crippen LogP contribution in [0.1, 0.15) is 57.1 Å². The fourth-order valence-corrected chi connectivity index (χ4v) is 6.36. The molecule has 4 rings (SSSR count). The van der Waals surface area contributed by atoms with E-state index in [1.165, 1.54) is 11.1 Å². The Morgan fingerprint density at radius 3 is 2.74 bits per heavy atom. The Labute approximate surface area is 139 Å². The Morgan fingerprint density at radius 1 is 1.22 bits per heavy atom. The molecular weight excluding hydrogens is 284 g/mol. The van der Waals surface area contributed by atoms with E-state index >= 15 is 0 Å². The molecule has 0 spiro atoms. The van der Waals surface area contributed by atoms with Gasteiger partial charge in [0.25, 0.3) is 0 Å². The molecule has 0 amide bonds. The number of rotatable bonds is 1. The minimum absolute atomic E-state index is 0.0567. The van der Waals surface area contributed by atoms with Crippen molar-refractivity contribution in [2.24, 2.45) is 29.1 Å². The lowest BCUT2D eigenvalue weighted by atomic mass is 9.50. The molecule has 2 fully saturated rings. The van der Waals surface area contributed by atoms with Crippen molar-refractivity contribution in [1.82, 2.24) is 0 Å². The predicted octanol–water partition coefficient (Wildman–Crippen LogP) is 4.61. The third kappa shape index (κ3) is 2.03. The number of benzene rings is 1. The second-order valence-electron chi connectivity index (χ2n) is 8.52. The van der Waals surface area contributed by atoms with Crippen LogP contribution in [-0.2, 0) is 11.2 Å². The van der Waals surface area contributed by atoms with Gasteiger partial charge in [0.15, 0.2) is 0 Å². The van der Waals surface area contributed by atoms with Crippen LogP contribution in [0, 0.1) is 29.1 Å². The van der Waals surface area contributed by atoms with Crippen LogP contribution in [0.2, 0.25) is 0 Å². The molecule has 1 aromatic rings. The van der Waals surface area contributed by atoms with E-state index in [-0.39, 0.29) is 5.41 Å². The van der Waals surface area contributed by atoms with Crippen molar-refractivity contribution >= 4 is 5.78 Å². The van der Waals surface area contributed by atoms with Gasteiger partial charge in [0.1, 0.15) is 11.5 Å². The first-order chi connectivity index (χ1) is 11.0. The third-order valence-corrected chi connectivity index (χ3v) is 7.28. The van der Waals surface area contributed by atoms with Crippen LogP contribution in [0.25, 0.3) is 0 Å². The van der Waals surface area contributed by atoms with Gasteiger partial charge in [-0.25, -0.2) is 0 Å². The molecule has 6 atom stereocenters. The second-order valence-corrected chi connectivity index (χ2v) is 8.52. The Kier molecular flexibility index (Phi) is 3.37. The standard InChI is InChI=1S/C21H28O2/c1-12-9-14-10-15(23-4)5-6-16(14)19-13(2)11-21(3)17(20(12)19)7-8-18(21)22/h5-6,10,12-13,17,19-20H,7-9,11H2,1-4H3/t12-,13+,17+,19-,20+,21+/m1/s1. The molecule has 0 unspecified atom stereocenters. The van der Waals surface area contributed by atoms with E-state index in [1.807, 2.05) is 0 Å². The van der Waals surface area contributed by atoms with Gasteiger partial charge in [-0.2, -0.15) is 0 Å². The average molecular weight is 312 g/mol. The van der Waals surface area contributed by atoms with E-state index in [0.717, 1.165) is 31.4 Å². The first-order valence-electron chi connectivity index (χ1n) is 9.16. The molecule has 0 N–H and O–H groups in total. The largest absolute Gasteiger partial charge is 0.497 e. The lowest BCUT2D eigenvalue weighted by molar-refractivity contribution is -0.131. The molecule has 124 valence electrons. The monoisotopic (exact) mass is 312 g/mol. The van der Waals surface area contributed by atoms with Crippen molar-refractivity contribution in [3.63, 3.8) is 0 Å². The van der Waals surface area contributed by atoms with Crippen molar-refractivity contribution < 1.29 is 9.53 Å². The Hall–Kier alpha value is -1.31. The van der Waals surface area contributed by atoms with E-state index in [4.69, 9.17) is 4.74 Å². The first kappa shape index (κ1) is 15.2. The highest BCUT2D eigenvalue weighted by Gasteiger charge is 2.58. The van der Waals surface area contributed by atoms with Gasteiger partial charge < -0.3 is 4.74 Å².